The van der Waals surface area contributed by atoms with Crippen molar-refractivity contribution in [2.24, 2.45) is 0 Å². The van der Waals surface area contributed by atoms with Gasteiger partial charge >= 0.3 is 0 Å². The highest BCUT2D eigenvalue weighted by atomic mass is 16.2. The Morgan fingerprint density at radius 3 is 2.48 bits per heavy atom. The van der Waals surface area contributed by atoms with Gasteiger partial charge in [0, 0.05) is 11.8 Å². The average Bonchev–Trinajstić information content (AvgIpc) is 3.21. The molecule has 2 aromatic carbocycles. The van der Waals surface area contributed by atoms with E-state index in [4.69, 9.17) is 0 Å². The lowest BCUT2D eigenvalue weighted by Gasteiger charge is -2.32. The van der Waals surface area contributed by atoms with E-state index in [0.717, 1.165) is 38.4 Å². The molecule has 1 saturated heterocycles. The molecule has 0 aliphatic carbocycles. The van der Waals surface area contributed by atoms with Crippen molar-refractivity contribution in [3.63, 3.8) is 0 Å². The molecule has 0 unspecified atom stereocenters. The lowest BCUT2D eigenvalue weighted by atomic mass is 10.1. The Bertz CT molecular complexity index is 911. The number of benzene rings is 2. The molecule has 1 aliphatic heterocycles. The van der Waals surface area contributed by atoms with Gasteiger partial charge in [0.25, 0.3) is 5.91 Å². The Morgan fingerprint density at radius 2 is 1.74 bits per heavy atom. The summed E-state index contributed by atoms with van der Waals surface area (Å²) < 4.78 is 1.76. The summed E-state index contributed by atoms with van der Waals surface area (Å²) in [4.78, 5) is 16.3. The number of rotatable bonds is 4. The quantitative estimate of drug-likeness (QED) is 0.769. The van der Waals surface area contributed by atoms with Crippen LogP contribution in [0.4, 0.5) is 0 Å². The van der Waals surface area contributed by atoms with Gasteiger partial charge in [-0.3, -0.25) is 4.79 Å². The maximum atomic E-state index is 12.8. The van der Waals surface area contributed by atoms with E-state index in [2.05, 4.69) is 36.3 Å². The van der Waals surface area contributed by atoms with Gasteiger partial charge in [-0.1, -0.05) is 42.5 Å². The molecule has 0 spiro atoms. The van der Waals surface area contributed by atoms with Crippen LogP contribution in [-0.4, -0.2) is 46.8 Å². The molecule has 1 amide bonds. The second-order valence-electron chi connectivity index (χ2n) is 7.15. The van der Waals surface area contributed by atoms with Gasteiger partial charge in [-0.05, 0) is 24.6 Å². The molecule has 0 bridgehead atoms. The van der Waals surface area contributed by atoms with E-state index in [1.165, 1.54) is 16.0 Å². The molecule has 0 saturated carbocycles. The van der Waals surface area contributed by atoms with Crippen molar-refractivity contribution in [3.8, 4) is 5.69 Å². The van der Waals surface area contributed by atoms with Crippen molar-refractivity contribution in [2.75, 3.05) is 26.2 Å². The molecule has 0 atom stereocenters. The number of hydrogen-bond donors (Lipinski definition) is 1. The number of nitrogens with one attached hydrogen (secondary N) is 1. The summed E-state index contributed by atoms with van der Waals surface area (Å²) in [6, 6.07) is 18.4. The Morgan fingerprint density at radius 1 is 1.04 bits per heavy atom. The van der Waals surface area contributed by atoms with Gasteiger partial charge in [0.1, 0.15) is 6.54 Å². The van der Waals surface area contributed by atoms with E-state index in [0.29, 0.717) is 5.56 Å². The zero-order valence-electron chi connectivity index (χ0n) is 15.6. The minimum absolute atomic E-state index is 0.0760. The van der Waals surface area contributed by atoms with Gasteiger partial charge in [-0.15, -0.1) is 0 Å². The molecule has 1 aliphatic rings. The molecule has 27 heavy (non-hydrogen) atoms. The van der Waals surface area contributed by atoms with Crippen LogP contribution in [0.25, 0.3) is 5.69 Å². The first-order valence-corrected chi connectivity index (χ1v) is 9.48. The molecule has 5 nitrogen and oxygen atoms in total. The van der Waals surface area contributed by atoms with E-state index in [1.54, 1.807) is 10.9 Å². The van der Waals surface area contributed by atoms with Crippen LogP contribution in [0.15, 0.2) is 67.0 Å². The number of aryl methyl sites for hydroxylation is 1. The fourth-order valence-electron chi connectivity index (χ4n) is 3.62. The number of carbonyl (C=O) groups excluding carboxylic acids is 1. The minimum Gasteiger partial charge on any atom is -0.328 e. The van der Waals surface area contributed by atoms with Crippen LogP contribution in [-0.2, 0) is 6.54 Å². The number of nitrogens with zero attached hydrogens (tertiary/aromatic N) is 3. The molecule has 5 heteroatoms. The molecule has 4 rings (SSSR count). The van der Waals surface area contributed by atoms with Crippen molar-refractivity contribution >= 4 is 5.91 Å². The maximum absolute atomic E-state index is 12.8. The largest absolute Gasteiger partial charge is 0.328 e. The maximum Gasteiger partial charge on any atom is 0.257 e. The normalized spacial score (nSPS) is 15.1. The Labute approximate surface area is 159 Å². The molecular weight excluding hydrogens is 336 g/mol. The van der Waals surface area contributed by atoms with Crippen molar-refractivity contribution in [2.45, 2.75) is 13.5 Å². The zero-order valence-corrected chi connectivity index (χ0v) is 15.6. The molecule has 2 heterocycles. The summed E-state index contributed by atoms with van der Waals surface area (Å²) in [5.74, 6) is 0.0760. The van der Waals surface area contributed by atoms with Crippen LogP contribution in [0, 0.1) is 6.92 Å². The number of piperazine rings is 1. The SMILES string of the molecule is Cc1ccccc1C[NH+]1CCN(C(=O)c2cnn(-c3ccccc3)c2)CC1. The minimum atomic E-state index is 0.0760. The van der Waals surface area contributed by atoms with Gasteiger partial charge in [0.2, 0.25) is 0 Å². The molecule has 1 N–H and O–H groups in total. The molecule has 0 radical (unpaired) electrons. The predicted molar refractivity (Wildman–Crippen MR) is 105 cm³/mol. The van der Waals surface area contributed by atoms with E-state index in [-0.39, 0.29) is 5.91 Å². The average molecular weight is 361 g/mol. The highest BCUT2D eigenvalue weighted by molar-refractivity contribution is 5.93. The third-order valence-corrected chi connectivity index (χ3v) is 5.31. The van der Waals surface area contributed by atoms with Crippen LogP contribution in [0.3, 0.4) is 0 Å². The smallest absolute Gasteiger partial charge is 0.257 e. The van der Waals surface area contributed by atoms with Gasteiger partial charge in [-0.2, -0.15) is 5.10 Å². The number of carbonyl (C=O) groups is 1. The predicted octanol–water partition coefficient (Wildman–Crippen LogP) is 1.72. The van der Waals surface area contributed by atoms with E-state index in [9.17, 15) is 4.79 Å². The van der Waals surface area contributed by atoms with Gasteiger partial charge < -0.3 is 9.80 Å². The Balaban J connectivity index is 1.36. The fraction of sp³-hybridized carbons (Fsp3) is 0.273. The second-order valence-corrected chi connectivity index (χ2v) is 7.15. The lowest BCUT2D eigenvalue weighted by Crippen LogP contribution is -3.13. The second kappa shape index (κ2) is 7.76. The summed E-state index contributed by atoms with van der Waals surface area (Å²) in [6.45, 7) is 6.73. The summed E-state index contributed by atoms with van der Waals surface area (Å²) in [5, 5.41) is 4.35. The van der Waals surface area contributed by atoms with Gasteiger partial charge in [-0.25, -0.2) is 4.68 Å². The summed E-state index contributed by atoms with van der Waals surface area (Å²) in [6.07, 6.45) is 3.49. The zero-order chi connectivity index (χ0) is 18.6. The highest BCUT2D eigenvalue weighted by Crippen LogP contribution is 2.10. The summed E-state index contributed by atoms with van der Waals surface area (Å²) in [7, 11) is 0. The third-order valence-electron chi connectivity index (χ3n) is 5.31. The van der Waals surface area contributed by atoms with E-state index < -0.39 is 0 Å². The van der Waals surface area contributed by atoms with E-state index in [1.807, 2.05) is 41.4 Å². The Kier molecular flexibility index (Phi) is 5.03. The monoisotopic (exact) mass is 361 g/mol. The van der Waals surface area contributed by atoms with Crippen LogP contribution in [0.2, 0.25) is 0 Å². The summed E-state index contributed by atoms with van der Waals surface area (Å²) >= 11 is 0. The first-order chi connectivity index (χ1) is 13.2. The topological polar surface area (TPSA) is 42.6 Å². The van der Waals surface area contributed by atoms with Crippen molar-refractivity contribution in [1.29, 1.82) is 0 Å². The van der Waals surface area contributed by atoms with Crippen molar-refractivity contribution < 1.29 is 9.69 Å². The molecule has 1 fully saturated rings. The van der Waals surface area contributed by atoms with Gasteiger partial charge in [0.15, 0.2) is 0 Å². The fourth-order valence-corrected chi connectivity index (χ4v) is 3.62. The van der Waals surface area contributed by atoms with Crippen LogP contribution >= 0.6 is 0 Å². The third kappa shape index (κ3) is 3.93. The number of para-hydroxylation sites is 1. The molecule has 138 valence electrons. The highest BCUT2D eigenvalue weighted by Gasteiger charge is 2.25. The van der Waals surface area contributed by atoms with Crippen LogP contribution in [0.1, 0.15) is 21.5 Å². The number of aromatic nitrogens is 2. The molecule has 1 aromatic heterocycles. The first kappa shape index (κ1) is 17.5. The summed E-state index contributed by atoms with van der Waals surface area (Å²) in [5.41, 5.74) is 4.36. The molecular formula is C22H25N4O+. The van der Waals surface area contributed by atoms with Crippen LogP contribution in [0.5, 0.6) is 0 Å². The van der Waals surface area contributed by atoms with E-state index >= 15 is 0 Å². The number of amides is 1. The molecule has 3 aromatic rings. The van der Waals surface area contributed by atoms with Crippen molar-refractivity contribution in [1.82, 2.24) is 14.7 Å². The Hall–Kier alpha value is -2.92. The number of quaternary nitrogens is 1. The number of hydrogen-bond acceptors (Lipinski definition) is 2. The lowest BCUT2D eigenvalue weighted by molar-refractivity contribution is -0.917. The first-order valence-electron chi connectivity index (χ1n) is 9.48. The van der Waals surface area contributed by atoms with Gasteiger partial charge in [0.05, 0.1) is 43.6 Å². The van der Waals surface area contributed by atoms with Crippen LogP contribution < -0.4 is 4.90 Å². The van der Waals surface area contributed by atoms with Crippen molar-refractivity contribution in [3.05, 3.63) is 83.7 Å². The standard InChI is InChI=1S/C22H24N4O/c1-18-7-5-6-8-19(18)16-24-11-13-25(14-12-24)22(27)20-15-23-26(17-20)21-9-3-2-4-10-21/h2-10,15,17H,11-14,16H2,1H3/p+1.